The van der Waals surface area contributed by atoms with Gasteiger partial charge in [0.2, 0.25) is 4.52 Å². The summed E-state index contributed by atoms with van der Waals surface area (Å²) >= 11 is 10.7. The molecule has 0 amide bonds. The first-order valence-electron chi connectivity index (χ1n) is 2.61. The van der Waals surface area contributed by atoms with Crippen LogP contribution in [0.15, 0.2) is 24.5 Å². The van der Waals surface area contributed by atoms with E-state index < -0.39 is 4.52 Å². The molecule has 1 heterocycles. The number of nitrogens with zero attached hydrogens (tertiary/aromatic N) is 1. The fraction of sp³-hybridized carbons (Fsp3) is 0.167. The van der Waals surface area contributed by atoms with E-state index in [9.17, 15) is 0 Å². The Labute approximate surface area is 68.4 Å². The van der Waals surface area contributed by atoms with Gasteiger partial charge in [0.1, 0.15) is 0 Å². The maximum Gasteiger partial charge on any atom is 0.241 e. The Hall–Kier alpha value is -0.310. The van der Waals surface area contributed by atoms with Crippen LogP contribution in [0.1, 0.15) is 5.56 Å². The van der Waals surface area contributed by atoms with Gasteiger partial charge in [-0.2, -0.15) is 0 Å². The molecule has 0 saturated carbocycles. The summed E-state index contributed by atoms with van der Waals surface area (Å²) in [5.74, 6) is 0. The zero-order valence-corrected chi connectivity index (χ0v) is 6.47. The second kappa shape index (κ2) is 2.74. The van der Waals surface area contributed by atoms with Crippen LogP contribution in [0.25, 0.3) is 0 Å². The Morgan fingerprint density at radius 1 is 1.30 bits per heavy atom. The van der Waals surface area contributed by atoms with Crippen LogP contribution in [0.4, 0.5) is 0 Å². The molecule has 0 spiro atoms. The Balaban J connectivity index is 2.97. The van der Waals surface area contributed by atoms with Crippen molar-refractivity contribution in [2.75, 3.05) is 0 Å². The quantitative estimate of drug-likeness (QED) is 0.663. The van der Waals surface area contributed by atoms with Gasteiger partial charge >= 0.3 is 0 Å². The molecule has 0 aromatic carbocycles. The molecule has 2 nitrogen and oxygen atoms in total. The highest BCUT2D eigenvalue weighted by Gasteiger charge is 2.21. The molecular weight excluding hydrogens is 173 g/mol. The average molecular weight is 178 g/mol. The van der Waals surface area contributed by atoms with Gasteiger partial charge in [-0.05, 0) is 12.1 Å². The molecule has 0 aliphatic carbocycles. The van der Waals surface area contributed by atoms with Gasteiger partial charge < -0.3 is 5.11 Å². The highest BCUT2D eigenvalue weighted by Crippen LogP contribution is 2.29. The summed E-state index contributed by atoms with van der Waals surface area (Å²) in [5.41, 5.74) is 0.422. The fourth-order valence-electron chi connectivity index (χ4n) is 0.552. The minimum absolute atomic E-state index is 0.422. The van der Waals surface area contributed by atoms with Crippen LogP contribution in [-0.4, -0.2) is 10.1 Å². The van der Waals surface area contributed by atoms with Gasteiger partial charge in [-0.3, -0.25) is 4.98 Å². The summed E-state index contributed by atoms with van der Waals surface area (Å²) in [6.07, 6.45) is 3.01. The lowest BCUT2D eigenvalue weighted by Gasteiger charge is -2.10. The molecule has 0 unspecified atom stereocenters. The molecule has 1 rings (SSSR count). The Morgan fingerprint density at radius 2 is 1.80 bits per heavy atom. The molecule has 0 atom stereocenters. The van der Waals surface area contributed by atoms with E-state index in [1.165, 1.54) is 12.4 Å². The number of aromatic nitrogens is 1. The fourth-order valence-corrected chi connectivity index (χ4v) is 0.804. The van der Waals surface area contributed by atoms with Gasteiger partial charge in [0, 0.05) is 18.0 Å². The van der Waals surface area contributed by atoms with Crippen LogP contribution < -0.4 is 0 Å². The maximum absolute atomic E-state index is 8.99. The number of halogens is 2. The zero-order valence-electron chi connectivity index (χ0n) is 4.96. The lowest BCUT2D eigenvalue weighted by Crippen LogP contribution is -2.07. The third-order valence-corrected chi connectivity index (χ3v) is 1.46. The van der Waals surface area contributed by atoms with E-state index >= 15 is 0 Å². The summed E-state index contributed by atoms with van der Waals surface area (Å²) < 4.78 is -1.80. The number of hydrogen-bond donors (Lipinski definition) is 1. The number of pyridine rings is 1. The molecule has 0 fully saturated rings. The topological polar surface area (TPSA) is 33.1 Å². The lowest BCUT2D eigenvalue weighted by atomic mass is 10.3. The summed E-state index contributed by atoms with van der Waals surface area (Å²) in [7, 11) is 0. The molecular formula is C6H5Cl2NO. The van der Waals surface area contributed by atoms with E-state index in [2.05, 4.69) is 4.98 Å². The van der Waals surface area contributed by atoms with Crippen molar-refractivity contribution in [3.8, 4) is 0 Å². The van der Waals surface area contributed by atoms with Crippen LogP contribution in [0.2, 0.25) is 0 Å². The van der Waals surface area contributed by atoms with E-state index in [0.717, 1.165) is 0 Å². The van der Waals surface area contributed by atoms with Crippen molar-refractivity contribution in [1.82, 2.24) is 4.98 Å². The molecule has 0 radical (unpaired) electrons. The third kappa shape index (κ3) is 1.84. The molecule has 0 aliphatic heterocycles. The Bertz CT molecular complexity index is 207. The molecule has 1 aromatic heterocycles. The second-order valence-corrected chi connectivity index (χ2v) is 3.06. The molecule has 54 valence electrons. The van der Waals surface area contributed by atoms with Crippen LogP contribution in [0.5, 0.6) is 0 Å². The maximum atomic E-state index is 8.99. The standard InChI is InChI=1S/C6H5Cl2NO/c7-6(8,10)5-1-3-9-4-2-5/h1-4,10H. The number of alkyl halides is 2. The smallest absolute Gasteiger partial charge is 0.241 e. The SMILES string of the molecule is OC(Cl)(Cl)c1ccncc1. The first kappa shape index (κ1) is 7.79. The van der Waals surface area contributed by atoms with E-state index in [1.807, 2.05) is 0 Å². The van der Waals surface area contributed by atoms with Crippen molar-refractivity contribution in [3.05, 3.63) is 30.1 Å². The molecule has 1 N–H and O–H groups in total. The van der Waals surface area contributed by atoms with Crippen molar-refractivity contribution in [2.45, 2.75) is 4.52 Å². The molecule has 10 heavy (non-hydrogen) atoms. The second-order valence-electron chi connectivity index (χ2n) is 1.78. The molecule has 4 heteroatoms. The van der Waals surface area contributed by atoms with Crippen LogP contribution in [0, 0.1) is 0 Å². The van der Waals surface area contributed by atoms with Gasteiger partial charge in [0.05, 0.1) is 0 Å². The normalized spacial score (nSPS) is 11.5. The van der Waals surface area contributed by atoms with Crippen molar-refractivity contribution >= 4 is 23.2 Å². The van der Waals surface area contributed by atoms with Gasteiger partial charge in [0.25, 0.3) is 0 Å². The zero-order chi connectivity index (χ0) is 7.61. The largest absolute Gasteiger partial charge is 0.359 e. The van der Waals surface area contributed by atoms with Crippen molar-refractivity contribution in [1.29, 1.82) is 0 Å². The molecule has 0 saturated heterocycles. The van der Waals surface area contributed by atoms with E-state index in [1.54, 1.807) is 12.1 Å². The molecule has 0 aliphatic rings. The van der Waals surface area contributed by atoms with Crippen molar-refractivity contribution in [3.63, 3.8) is 0 Å². The average Bonchev–Trinajstić information content (AvgIpc) is 1.88. The van der Waals surface area contributed by atoms with Gasteiger partial charge in [-0.15, -0.1) is 0 Å². The monoisotopic (exact) mass is 177 g/mol. The lowest BCUT2D eigenvalue weighted by molar-refractivity contribution is 0.218. The van der Waals surface area contributed by atoms with E-state index in [-0.39, 0.29) is 0 Å². The number of rotatable bonds is 1. The van der Waals surface area contributed by atoms with Crippen molar-refractivity contribution < 1.29 is 5.11 Å². The van der Waals surface area contributed by atoms with E-state index in [4.69, 9.17) is 28.3 Å². The van der Waals surface area contributed by atoms with Gasteiger partial charge in [0.15, 0.2) is 0 Å². The first-order valence-corrected chi connectivity index (χ1v) is 3.37. The summed E-state index contributed by atoms with van der Waals surface area (Å²) in [4.78, 5) is 3.73. The van der Waals surface area contributed by atoms with Crippen LogP contribution >= 0.6 is 23.2 Å². The number of aliphatic hydroxyl groups is 1. The highest BCUT2D eigenvalue weighted by atomic mass is 35.5. The predicted octanol–water partition coefficient (Wildman–Crippen LogP) is 1.66. The Kier molecular flexibility index (Phi) is 2.14. The highest BCUT2D eigenvalue weighted by molar-refractivity contribution is 6.46. The predicted molar refractivity (Wildman–Crippen MR) is 39.8 cm³/mol. The van der Waals surface area contributed by atoms with E-state index in [0.29, 0.717) is 5.56 Å². The first-order chi connectivity index (χ1) is 4.61. The summed E-state index contributed by atoms with van der Waals surface area (Å²) in [6.45, 7) is 0. The van der Waals surface area contributed by atoms with Gasteiger partial charge in [-0.1, -0.05) is 23.2 Å². The third-order valence-electron chi connectivity index (χ3n) is 1.03. The Morgan fingerprint density at radius 3 is 2.10 bits per heavy atom. The summed E-state index contributed by atoms with van der Waals surface area (Å²) in [6, 6.07) is 3.08. The van der Waals surface area contributed by atoms with Crippen molar-refractivity contribution in [2.24, 2.45) is 0 Å². The van der Waals surface area contributed by atoms with Gasteiger partial charge in [-0.25, -0.2) is 0 Å². The van der Waals surface area contributed by atoms with Crippen LogP contribution in [0.3, 0.4) is 0 Å². The number of hydrogen-bond acceptors (Lipinski definition) is 2. The minimum Gasteiger partial charge on any atom is -0.359 e. The summed E-state index contributed by atoms with van der Waals surface area (Å²) in [5, 5.41) is 8.99. The molecule has 1 aromatic rings. The van der Waals surface area contributed by atoms with Crippen LogP contribution in [-0.2, 0) is 4.52 Å². The molecule has 0 bridgehead atoms. The minimum atomic E-state index is -1.80.